The van der Waals surface area contributed by atoms with E-state index in [2.05, 4.69) is 10.2 Å². The second-order valence-corrected chi connectivity index (χ2v) is 6.26. The molecule has 2 heterocycles. The fourth-order valence-electron chi connectivity index (χ4n) is 3.48. The Morgan fingerprint density at radius 3 is 2.81 bits per heavy atom. The third-order valence-corrected chi connectivity index (χ3v) is 4.74. The summed E-state index contributed by atoms with van der Waals surface area (Å²) in [5.74, 6) is 2.03. The molecule has 26 heavy (non-hydrogen) atoms. The van der Waals surface area contributed by atoms with Crippen LogP contribution in [0.4, 0.5) is 4.39 Å². The quantitative estimate of drug-likeness (QED) is 0.882. The smallest absolute Gasteiger partial charge is 0.231 e. The van der Waals surface area contributed by atoms with Crippen molar-refractivity contribution in [2.75, 3.05) is 33.5 Å². The molecule has 4 rings (SSSR count). The van der Waals surface area contributed by atoms with Crippen molar-refractivity contribution in [3.05, 3.63) is 53.3 Å². The summed E-state index contributed by atoms with van der Waals surface area (Å²) in [6.45, 7) is 3.50. The molecule has 2 aliphatic rings. The lowest BCUT2D eigenvalue weighted by molar-refractivity contribution is 0.151. The normalized spacial score (nSPS) is 19.1. The van der Waals surface area contributed by atoms with Crippen LogP contribution in [0.3, 0.4) is 0 Å². The van der Waals surface area contributed by atoms with Crippen LogP contribution in [0.25, 0.3) is 0 Å². The molecule has 2 aromatic rings. The van der Waals surface area contributed by atoms with Crippen molar-refractivity contribution in [1.82, 2.24) is 10.2 Å². The molecule has 1 N–H and O–H groups in total. The first kappa shape index (κ1) is 18.8. The Balaban J connectivity index is 0.00000196. The Bertz CT molecular complexity index is 774. The summed E-state index contributed by atoms with van der Waals surface area (Å²) >= 11 is 0. The minimum absolute atomic E-state index is 0. The van der Waals surface area contributed by atoms with E-state index in [1.165, 1.54) is 6.07 Å². The Labute approximate surface area is 158 Å². The van der Waals surface area contributed by atoms with E-state index in [-0.39, 0.29) is 31.1 Å². The molecular formula is C19H22ClFN2O3. The first-order chi connectivity index (χ1) is 12.2. The van der Waals surface area contributed by atoms with Crippen LogP contribution in [0.2, 0.25) is 0 Å². The molecular weight excluding hydrogens is 359 g/mol. The van der Waals surface area contributed by atoms with Crippen LogP contribution in [0, 0.1) is 5.82 Å². The molecule has 1 fully saturated rings. The SMILES string of the molecule is COc1cc2c(cc1CN1CCNCC1c1cccc(F)c1)OCO2.Cl. The molecule has 140 valence electrons. The van der Waals surface area contributed by atoms with Crippen LogP contribution < -0.4 is 19.5 Å². The molecule has 0 spiro atoms. The van der Waals surface area contributed by atoms with Gasteiger partial charge in [0.05, 0.1) is 7.11 Å². The van der Waals surface area contributed by atoms with E-state index < -0.39 is 0 Å². The maximum absolute atomic E-state index is 13.7. The van der Waals surface area contributed by atoms with Crippen LogP contribution in [0.15, 0.2) is 36.4 Å². The number of rotatable bonds is 4. The van der Waals surface area contributed by atoms with Crippen molar-refractivity contribution in [1.29, 1.82) is 0 Å². The number of halogens is 2. The van der Waals surface area contributed by atoms with Crippen LogP contribution in [-0.4, -0.2) is 38.4 Å². The van der Waals surface area contributed by atoms with Gasteiger partial charge in [0.25, 0.3) is 0 Å². The zero-order valence-electron chi connectivity index (χ0n) is 14.5. The maximum atomic E-state index is 13.7. The molecule has 0 amide bonds. The number of hydrogen-bond acceptors (Lipinski definition) is 5. The van der Waals surface area contributed by atoms with Crippen molar-refractivity contribution in [2.45, 2.75) is 12.6 Å². The van der Waals surface area contributed by atoms with Gasteiger partial charge in [-0.2, -0.15) is 0 Å². The Morgan fingerprint density at radius 2 is 2.04 bits per heavy atom. The van der Waals surface area contributed by atoms with E-state index in [9.17, 15) is 4.39 Å². The monoisotopic (exact) mass is 380 g/mol. The van der Waals surface area contributed by atoms with Gasteiger partial charge in [0.2, 0.25) is 6.79 Å². The number of methoxy groups -OCH3 is 1. The van der Waals surface area contributed by atoms with Gasteiger partial charge in [-0.15, -0.1) is 12.4 Å². The highest BCUT2D eigenvalue weighted by molar-refractivity contribution is 5.85. The fourth-order valence-corrected chi connectivity index (χ4v) is 3.48. The summed E-state index contributed by atoms with van der Waals surface area (Å²) in [5.41, 5.74) is 2.02. The standard InChI is InChI=1S/C19H21FN2O3.ClH/c1-23-17-9-19-18(24-12-25-19)8-14(17)11-22-6-5-21-10-16(22)13-3-2-4-15(20)7-13;/h2-4,7-9,16,21H,5-6,10-12H2,1H3;1H. The van der Waals surface area contributed by atoms with Gasteiger partial charge >= 0.3 is 0 Å². The van der Waals surface area contributed by atoms with E-state index in [0.717, 1.165) is 42.3 Å². The molecule has 1 saturated heterocycles. The Kier molecular flexibility index (Phi) is 5.86. The van der Waals surface area contributed by atoms with Gasteiger partial charge in [0, 0.05) is 43.9 Å². The van der Waals surface area contributed by atoms with E-state index in [0.29, 0.717) is 12.3 Å². The summed E-state index contributed by atoms with van der Waals surface area (Å²) in [7, 11) is 1.66. The van der Waals surface area contributed by atoms with Crippen LogP contribution in [0.1, 0.15) is 17.2 Å². The number of hydrogen-bond donors (Lipinski definition) is 1. The van der Waals surface area contributed by atoms with E-state index in [4.69, 9.17) is 14.2 Å². The number of nitrogens with one attached hydrogen (secondary N) is 1. The molecule has 7 heteroatoms. The van der Waals surface area contributed by atoms with Gasteiger partial charge < -0.3 is 19.5 Å². The Morgan fingerprint density at radius 1 is 1.23 bits per heavy atom. The van der Waals surface area contributed by atoms with Crippen molar-refractivity contribution in [3.63, 3.8) is 0 Å². The molecule has 5 nitrogen and oxygen atoms in total. The second kappa shape index (κ2) is 8.12. The van der Waals surface area contributed by atoms with Gasteiger partial charge in [-0.05, 0) is 23.8 Å². The van der Waals surface area contributed by atoms with Crippen molar-refractivity contribution < 1.29 is 18.6 Å². The van der Waals surface area contributed by atoms with Gasteiger partial charge in [-0.3, -0.25) is 4.90 Å². The highest BCUT2D eigenvalue weighted by atomic mass is 35.5. The molecule has 0 aromatic heterocycles. The van der Waals surface area contributed by atoms with Crippen LogP contribution in [0.5, 0.6) is 17.2 Å². The summed E-state index contributed by atoms with van der Waals surface area (Å²) in [4.78, 5) is 2.34. The number of benzene rings is 2. The van der Waals surface area contributed by atoms with E-state index in [1.807, 2.05) is 18.2 Å². The zero-order chi connectivity index (χ0) is 17.2. The molecule has 0 saturated carbocycles. The lowest BCUT2D eigenvalue weighted by atomic mass is 10.0. The summed E-state index contributed by atoms with van der Waals surface area (Å²) in [5, 5.41) is 3.40. The molecule has 1 unspecified atom stereocenters. The van der Waals surface area contributed by atoms with Gasteiger partial charge in [0.1, 0.15) is 11.6 Å². The van der Waals surface area contributed by atoms with Crippen molar-refractivity contribution >= 4 is 12.4 Å². The molecule has 2 aliphatic heterocycles. The third-order valence-electron chi connectivity index (χ3n) is 4.74. The van der Waals surface area contributed by atoms with E-state index in [1.54, 1.807) is 19.2 Å². The van der Waals surface area contributed by atoms with Gasteiger partial charge in [-0.25, -0.2) is 4.39 Å². The second-order valence-electron chi connectivity index (χ2n) is 6.26. The average Bonchev–Trinajstić information content (AvgIpc) is 3.09. The molecule has 2 aromatic carbocycles. The first-order valence-electron chi connectivity index (χ1n) is 8.41. The maximum Gasteiger partial charge on any atom is 0.231 e. The molecule has 0 bridgehead atoms. The lowest BCUT2D eigenvalue weighted by Crippen LogP contribution is -2.45. The predicted molar refractivity (Wildman–Crippen MR) is 98.8 cm³/mol. The first-order valence-corrected chi connectivity index (χ1v) is 8.41. The molecule has 1 atom stereocenters. The third kappa shape index (κ3) is 3.72. The fraction of sp³-hybridized carbons (Fsp3) is 0.368. The summed E-state index contributed by atoms with van der Waals surface area (Å²) in [6, 6.07) is 10.8. The highest BCUT2D eigenvalue weighted by Gasteiger charge is 2.26. The van der Waals surface area contributed by atoms with Crippen molar-refractivity contribution in [2.24, 2.45) is 0 Å². The highest BCUT2D eigenvalue weighted by Crippen LogP contribution is 2.39. The van der Waals surface area contributed by atoms with E-state index >= 15 is 0 Å². The number of nitrogens with zero attached hydrogens (tertiary/aromatic N) is 1. The average molecular weight is 381 g/mol. The predicted octanol–water partition coefficient (Wildman–Crippen LogP) is 3.13. The van der Waals surface area contributed by atoms with Gasteiger partial charge in [0.15, 0.2) is 11.5 Å². The zero-order valence-corrected chi connectivity index (χ0v) is 15.4. The minimum atomic E-state index is -0.205. The molecule has 0 radical (unpaired) electrons. The Hall–Kier alpha value is -2.02. The summed E-state index contributed by atoms with van der Waals surface area (Å²) in [6.07, 6.45) is 0. The number of ether oxygens (including phenoxy) is 3. The number of piperazine rings is 1. The van der Waals surface area contributed by atoms with Gasteiger partial charge in [-0.1, -0.05) is 12.1 Å². The largest absolute Gasteiger partial charge is 0.496 e. The minimum Gasteiger partial charge on any atom is -0.496 e. The summed E-state index contributed by atoms with van der Waals surface area (Å²) < 4.78 is 30.1. The molecule has 0 aliphatic carbocycles. The van der Waals surface area contributed by atoms with Crippen LogP contribution >= 0.6 is 12.4 Å². The topological polar surface area (TPSA) is 43.0 Å². The van der Waals surface area contributed by atoms with Crippen LogP contribution in [-0.2, 0) is 6.54 Å². The lowest BCUT2D eigenvalue weighted by Gasteiger charge is -2.36. The van der Waals surface area contributed by atoms with Crippen molar-refractivity contribution in [3.8, 4) is 17.2 Å². The number of fused-ring (bicyclic) bond motifs is 1.